The molecular weight excluding hydrogens is 404 g/mol. The van der Waals surface area contributed by atoms with Gasteiger partial charge in [0.05, 0.1) is 12.2 Å². The number of carbonyl (C=O) groups is 1. The highest BCUT2D eigenvalue weighted by Gasteiger charge is 2.25. The van der Waals surface area contributed by atoms with Gasteiger partial charge in [-0.05, 0) is 43.0 Å². The molecule has 4 rings (SSSR count). The van der Waals surface area contributed by atoms with Crippen molar-refractivity contribution in [1.29, 1.82) is 0 Å². The first-order chi connectivity index (χ1) is 14.1. The third-order valence-corrected chi connectivity index (χ3v) is 6.61. The first-order valence-corrected chi connectivity index (χ1v) is 11.1. The van der Waals surface area contributed by atoms with E-state index in [-0.39, 0.29) is 11.8 Å². The standard InChI is InChI=1S/C22H23ClN4OS/c1-15-7-2-5-12-19(15)27-20(13-24-21(28)16-9-6-10-16)25-26-22(27)29-14-17-8-3-4-11-18(17)23/h2-5,7-8,11-12,16H,6,9-10,13-14H2,1H3,(H,24,28). The van der Waals surface area contributed by atoms with Gasteiger partial charge in [-0.25, -0.2) is 0 Å². The van der Waals surface area contributed by atoms with Crippen LogP contribution in [-0.2, 0) is 17.1 Å². The van der Waals surface area contributed by atoms with Crippen molar-refractivity contribution in [1.82, 2.24) is 20.1 Å². The van der Waals surface area contributed by atoms with Crippen molar-refractivity contribution in [3.63, 3.8) is 0 Å². The predicted molar refractivity (Wildman–Crippen MR) is 116 cm³/mol. The predicted octanol–water partition coefficient (Wildman–Crippen LogP) is 4.94. The minimum absolute atomic E-state index is 0.112. The fraction of sp³-hybridized carbons (Fsp3) is 0.318. The SMILES string of the molecule is Cc1ccccc1-n1c(CNC(=O)C2CCC2)nnc1SCc1ccccc1Cl. The number of para-hydroxylation sites is 1. The lowest BCUT2D eigenvalue weighted by molar-refractivity contribution is -0.127. The van der Waals surface area contributed by atoms with E-state index in [1.54, 1.807) is 11.8 Å². The summed E-state index contributed by atoms with van der Waals surface area (Å²) in [7, 11) is 0. The quantitative estimate of drug-likeness (QED) is 0.543. The van der Waals surface area contributed by atoms with E-state index in [2.05, 4.69) is 34.6 Å². The zero-order valence-electron chi connectivity index (χ0n) is 16.3. The Balaban J connectivity index is 1.59. The second kappa shape index (κ2) is 9.01. The molecular formula is C22H23ClN4OS. The Morgan fingerprint density at radius 1 is 1.17 bits per heavy atom. The van der Waals surface area contributed by atoms with Gasteiger partial charge in [-0.2, -0.15) is 0 Å². The summed E-state index contributed by atoms with van der Waals surface area (Å²) in [5, 5.41) is 13.4. The van der Waals surface area contributed by atoms with Crippen molar-refractivity contribution >= 4 is 29.3 Å². The molecule has 0 atom stereocenters. The van der Waals surface area contributed by atoms with Crippen LogP contribution in [0, 0.1) is 12.8 Å². The van der Waals surface area contributed by atoms with Gasteiger partial charge < -0.3 is 5.32 Å². The summed E-state index contributed by atoms with van der Waals surface area (Å²) in [5.74, 6) is 1.69. The molecule has 2 aromatic carbocycles. The molecule has 1 amide bonds. The van der Waals surface area contributed by atoms with Crippen molar-refractivity contribution < 1.29 is 4.79 Å². The van der Waals surface area contributed by atoms with Crippen LogP contribution >= 0.6 is 23.4 Å². The second-order valence-corrected chi connectivity index (χ2v) is 8.60. The minimum Gasteiger partial charge on any atom is -0.349 e. The third kappa shape index (κ3) is 4.49. The summed E-state index contributed by atoms with van der Waals surface area (Å²) in [4.78, 5) is 12.3. The van der Waals surface area contributed by atoms with Crippen molar-refractivity contribution in [2.45, 2.75) is 43.6 Å². The van der Waals surface area contributed by atoms with Crippen LogP contribution in [0.2, 0.25) is 5.02 Å². The number of hydrogen-bond donors (Lipinski definition) is 1. The van der Waals surface area contributed by atoms with Crippen LogP contribution in [-0.4, -0.2) is 20.7 Å². The van der Waals surface area contributed by atoms with Crippen molar-refractivity contribution in [2.24, 2.45) is 5.92 Å². The Labute approximate surface area is 179 Å². The van der Waals surface area contributed by atoms with E-state index >= 15 is 0 Å². The molecule has 0 aliphatic heterocycles. The lowest BCUT2D eigenvalue weighted by atomic mass is 9.85. The summed E-state index contributed by atoms with van der Waals surface area (Å²) in [5.41, 5.74) is 3.20. The Bertz CT molecular complexity index is 1020. The average Bonchev–Trinajstić information content (AvgIpc) is 3.07. The highest BCUT2D eigenvalue weighted by Crippen LogP contribution is 2.29. The van der Waals surface area contributed by atoms with Crippen LogP contribution in [0.15, 0.2) is 53.7 Å². The molecule has 1 aliphatic rings. The summed E-state index contributed by atoms with van der Waals surface area (Å²) in [6, 6.07) is 15.9. The molecule has 3 aromatic rings. The fourth-order valence-electron chi connectivity index (χ4n) is 3.30. The zero-order chi connectivity index (χ0) is 20.2. The Hall–Kier alpha value is -2.31. The molecule has 0 radical (unpaired) electrons. The number of aromatic nitrogens is 3. The van der Waals surface area contributed by atoms with Gasteiger partial charge in [-0.15, -0.1) is 10.2 Å². The number of nitrogens with zero attached hydrogens (tertiary/aromatic N) is 3. The highest BCUT2D eigenvalue weighted by molar-refractivity contribution is 7.98. The normalized spacial score (nSPS) is 13.9. The maximum Gasteiger partial charge on any atom is 0.223 e. The first-order valence-electron chi connectivity index (χ1n) is 9.77. The summed E-state index contributed by atoms with van der Waals surface area (Å²) >= 11 is 7.89. The number of aryl methyl sites for hydroxylation is 1. The Morgan fingerprint density at radius 3 is 2.66 bits per heavy atom. The van der Waals surface area contributed by atoms with Crippen molar-refractivity contribution in [3.8, 4) is 5.69 Å². The highest BCUT2D eigenvalue weighted by atomic mass is 35.5. The maximum atomic E-state index is 12.3. The van der Waals surface area contributed by atoms with Gasteiger partial charge in [0, 0.05) is 16.7 Å². The van der Waals surface area contributed by atoms with E-state index in [1.807, 2.05) is 41.0 Å². The topological polar surface area (TPSA) is 59.8 Å². The number of halogens is 1. The van der Waals surface area contributed by atoms with Crippen LogP contribution in [0.1, 0.15) is 36.2 Å². The van der Waals surface area contributed by atoms with Gasteiger partial charge in [0.15, 0.2) is 11.0 Å². The molecule has 1 heterocycles. The number of carbonyl (C=O) groups excluding carboxylic acids is 1. The number of hydrogen-bond acceptors (Lipinski definition) is 4. The summed E-state index contributed by atoms with van der Waals surface area (Å²) in [6.45, 7) is 2.43. The molecule has 150 valence electrons. The molecule has 0 bridgehead atoms. The lowest BCUT2D eigenvalue weighted by Crippen LogP contribution is -2.34. The van der Waals surface area contributed by atoms with Crippen LogP contribution in [0.25, 0.3) is 5.69 Å². The number of thioether (sulfide) groups is 1. The number of rotatable bonds is 7. The van der Waals surface area contributed by atoms with E-state index in [9.17, 15) is 4.79 Å². The van der Waals surface area contributed by atoms with Gasteiger partial charge in [-0.3, -0.25) is 9.36 Å². The minimum atomic E-state index is 0.112. The molecule has 7 heteroatoms. The Kier molecular flexibility index (Phi) is 6.21. The molecule has 0 spiro atoms. The lowest BCUT2D eigenvalue weighted by Gasteiger charge is -2.24. The fourth-order valence-corrected chi connectivity index (χ4v) is 4.55. The Morgan fingerprint density at radius 2 is 1.93 bits per heavy atom. The van der Waals surface area contributed by atoms with E-state index in [0.717, 1.165) is 52.1 Å². The molecule has 0 unspecified atom stereocenters. The van der Waals surface area contributed by atoms with Gasteiger partial charge >= 0.3 is 0 Å². The number of amides is 1. The van der Waals surface area contributed by atoms with Gasteiger partial charge in [-0.1, -0.05) is 66.2 Å². The van der Waals surface area contributed by atoms with E-state index in [1.165, 1.54) is 0 Å². The smallest absolute Gasteiger partial charge is 0.223 e. The van der Waals surface area contributed by atoms with E-state index in [4.69, 9.17) is 11.6 Å². The van der Waals surface area contributed by atoms with Crippen LogP contribution in [0.5, 0.6) is 0 Å². The monoisotopic (exact) mass is 426 g/mol. The van der Waals surface area contributed by atoms with Crippen molar-refractivity contribution in [2.75, 3.05) is 0 Å². The molecule has 0 saturated heterocycles. The van der Waals surface area contributed by atoms with Crippen LogP contribution < -0.4 is 5.32 Å². The van der Waals surface area contributed by atoms with E-state index < -0.39 is 0 Å². The summed E-state index contributed by atoms with van der Waals surface area (Å²) in [6.07, 6.45) is 3.10. The molecule has 1 saturated carbocycles. The summed E-state index contributed by atoms with van der Waals surface area (Å²) < 4.78 is 2.04. The number of nitrogens with one attached hydrogen (secondary N) is 1. The van der Waals surface area contributed by atoms with Gasteiger partial charge in [0.25, 0.3) is 0 Å². The number of benzene rings is 2. The average molecular weight is 427 g/mol. The molecule has 5 nitrogen and oxygen atoms in total. The maximum absolute atomic E-state index is 12.3. The van der Waals surface area contributed by atoms with Crippen LogP contribution in [0.4, 0.5) is 0 Å². The van der Waals surface area contributed by atoms with Crippen molar-refractivity contribution in [3.05, 3.63) is 70.5 Å². The molecule has 1 aromatic heterocycles. The van der Waals surface area contributed by atoms with Gasteiger partial charge in [0.1, 0.15) is 0 Å². The molecule has 29 heavy (non-hydrogen) atoms. The largest absolute Gasteiger partial charge is 0.349 e. The van der Waals surface area contributed by atoms with E-state index in [0.29, 0.717) is 12.3 Å². The zero-order valence-corrected chi connectivity index (χ0v) is 17.8. The second-order valence-electron chi connectivity index (χ2n) is 7.25. The van der Waals surface area contributed by atoms with Gasteiger partial charge in [0.2, 0.25) is 5.91 Å². The molecule has 1 fully saturated rings. The van der Waals surface area contributed by atoms with Crippen LogP contribution in [0.3, 0.4) is 0 Å². The third-order valence-electron chi connectivity index (χ3n) is 5.27. The first kappa shape index (κ1) is 20.0. The molecule has 1 N–H and O–H groups in total. The molecule has 1 aliphatic carbocycles.